The lowest BCUT2D eigenvalue weighted by Gasteiger charge is -2.08. The molecule has 0 saturated heterocycles. The van der Waals surface area contributed by atoms with Crippen LogP contribution >= 0.6 is 11.6 Å². The van der Waals surface area contributed by atoms with E-state index in [1.165, 1.54) is 6.07 Å². The van der Waals surface area contributed by atoms with Crippen LogP contribution in [0.5, 0.6) is 5.75 Å². The highest BCUT2D eigenvalue weighted by Gasteiger charge is 2.10. The van der Waals surface area contributed by atoms with Crippen molar-refractivity contribution in [2.45, 2.75) is 0 Å². The van der Waals surface area contributed by atoms with Gasteiger partial charge in [-0.25, -0.2) is 0 Å². The first-order chi connectivity index (χ1) is 10.1. The fraction of sp³-hybridized carbons (Fsp3) is 0.0625. The molecule has 21 heavy (non-hydrogen) atoms. The van der Waals surface area contributed by atoms with Crippen LogP contribution in [-0.4, -0.2) is 7.11 Å². The number of rotatable bonds is 2. The zero-order chi connectivity index (χ0) is 15.0. The van der Waals surface area contributed by atoms with Crippen molar-refractivity contribution < 1.29 is 9.15 Å². The first-order valence-electron chi connectivity index (χ1n) is 6.26. The average molecular weight is 302 g/mol. The summed E-state index contributed by atoms with van der Waals surface area (Å²) in [7, 11) is 1.54. The molecular weight excluding hydrogens is 290 g/mol. The molecule has 0 amide bonds. The monoisotopic (exact) mass is 301 g/mol. The Kier molecular flexibility index (Phi) is 3.31. The smallest absolute Gasteiger partial charge is 0.193 e. The van der Waals surface area contributed by atoms with Gasteiger partial charge in [-0.1, -0.05) is 17.7 Å². The van der Waals surface area contributed by atoms with Crippen LogP contribution in [-0.2, 0) is 0 Å². The molecule has 4 nitrogen and oxygen atoms in total. The minimum absolute atomic E-state index is 0.150. The van der Waals surface area contributed by atoms with Gasteiger partial charge in [0.1, 0.15) is 11.5 Å². The highest BCUT2D eigenvalue weighted by Crippen LogP contribution is 2.30. The van der Waals surface area contributed by atoms with Gasteiger partial charge in [0.2, 0.25) is 0 Å². The number of nitrogen functional groups attached to an aromatic ring is 1. The van der Waals surface area contributed by atoms with Gasteiger partial charge >= 0.3 is 0 Å². The third-order valence-corrected chi connectivity index (χ3v) is 3.52. The number of fused-ring (bicyclic) bond motifs is 1. The molecule has 3 aromatic rings. The molecule has 2 aromatic carbocycles. The molecule has 0 saturated carbocycles. The van der Waals surface area contributed by atoms with E-state index in [1.807, 2.05) is 0 Å². The molecule has 0 atom stereocenters. The molecule has 106 valence electrons. The van der Waals surface area contributed by atoms with Crippen molar-refractivity contribution in [1.82, 2.24) is 0 Å². The summed E-state index contributed by atoms with van der Waals surface area (Å²) < 4.78 is 10.9. The Hall–Kier alpha value is -2.46. The SMILES string of the molecule is COc1ccc(-c2cc(=O)c3cccc(Cl)c3o2)cc1N. The lowest BCUT2D eigenvalue weighted by atomic mass is 10.1. The zero-order valence-electron chi connectivity index (χ0n) is 11.2. The highest BCUT2D eigenvalue weighted by atomic mass is 35.5. The Bertz CT molecular complexity index is 886. The maximum atomic E-state index is 12.2. The van der Waals surface area contributed by atoms with Crippen LogP contribution in [0.4, 0.5) is 5.69 Å². The largest absolute Gasteiger partial charge is 0.495 e. The third-order valence-electron chi connectivity index (χ3n) is 3.22. The number of methoxy groups -OCH3 is 1. The molecule has 0 aliphatic carbocycles. The van der Waals surface area contributed by atoms with E-state index in [1.54, 1.807) is 43.5 Å². The molecule has 3 rings (SSSR count). The molecule has 5 heteroatoms. The summed E-state index contributed by atoms with van der Waals surface area (Å²) in [6.45, 7) is 0. The van der Waals surface area contributed by atoms with Crippen LogP contribution in [0, 0.1) is 0 Å². The van der Waals surface area contributed by atoms with Gasteiger partial charge in [-0.15, -0.1) is 0 Å². The molecule has 0 fully saturated rings. The third kappa shape index (κ3) is 2.34. The number of ether oxygens (including phenoxy) is 1. The van der Waals surface area contributed by atoms with Crippen molar-refractivity contribution in [3.05, 3.63) is 57.7 Å². The van der Waals surface area contributed by atoms with Crippen molar-refractivity contribution in [3.8, 4) is 17.1 Å². The van der Waals surface area contributed by atoms with Gasteiger partial charge < -0.3 is 14.9 Å². The van der Waals surface area contributed by atoms with Crippen LogP contribution in [0.15, 0.2) is 51.7 Å². The molecule has 1 heterocycles. The fourth-order valence-corrected chi connectivity index (χ4v) is 2.39. The van der Waals surface area contributed by atoms with Crippen molar-refractivity contribution in [2.24, 2.45) is 0 Å². The van der Waals surface area contributed by atoms with Gasteiger partial charge in [0.15, 0.2) is 11.0 Å². The van der Waals surface area contributed by atoms with Crippen LogP contribution in [0.3, 0.4) is 0 Å². The predicted octanol–water partition coefficient (Wildman–Crippen LogP) is 3.70. The normalized spacial score (nSPS) is 10.8. The van der Waals surface area contributed by atoms with Gasteiger partial charge in [-0.3, -0.25) is 4.79 Å². The van der Waals surface area contributed by atoms with E-state index in [0.717, 1.165) is 0 Å². The minimum atomic E-state index is -0.150. The Morgan fingerprint density at radius 1 is 1.19 bits per heavy atom. The Balaban J connectivity index is 2.24. The maximum Gasteiger partial charge on any atom is 0.193 e. The molecule has 0 radical (unpaired) electrons. The second-order valence-electron chi connectivity index (χ2n) is 4.55. The molecule has 0 bridgehead atoms. The molecule has 2 N–H and O–H groups in total. The summed E-state index contributed by atoms with van der Waals surface area (Å²) in [5, 5.41) is 0.848. The number of benzene rings is 2. The Labute approximate surface area is 125 Å². The van der Waals surface area contributed by atoms with Crippen LogP contribution < -0.4 is 15.9 Å². The van der Waals surface area contributed by atoms with Gasteiger partial charge in [-0.05, 0) is 30.3 Å². The summed E-state index contributed by atoms with van der Waals surface area (Å²) in [6.07, 6.45) is 0. The first-order valence-corrected chi connectivity index (χ1v) is 6.64. The molecule has 0 spiro atoms. The molecule has 0 aliphatic heterocycles. The van der Waals surface area contributed by atoms with E-state index in [4.69, 9.17) is 26.5 Å². The second kappa shape index (κ2) is 5.14. The molecule has 1 aromatic heterocycles. The number of hydrogen-bond acceptors (Lipinski definition) is 4. The van der Waals surface area contributed by atoms with E-state index >= 15 is 0 Å². The number of para-hydroxylation sites is 1. The summed E-state index contributed by atoms with van der Waals surface area (Å²) in [5.74, 6) is 0.981. The average Bonchev–Trinajstić information content (AvgIpc) is 2.48. The van der Waals surface area contributed by atoms with Crippen LogP contribution in [0.25, 0.3) is 22.3 Å². The number of nitrogens with two attached hydrogens (primary N) is 1. The van der Waals surface area contributed by atoms with Gasteiger partial charge in [-0.2, -0.15) is 0 Å². The second-order valence-corrected chi connectivity index (χ2v) is 4.96. The number of halogens is 1. The number of anilines is 1. The molecular formula is C16H12ClNO3. The quantitative estimate of drug-likeness (QED) is 0.733. The summed E-state index contributed by atoms with van der Waals surface area (Å²) in [5.41, 5.74) is 7.26. The lowest BCUT2D eigenvalue weighted by molar-refractivity contribution is 0.417. The van der Waals surface area contributed by atoms with Gasteiger partial charge in [0.05, 0.1) is 23.2 Å². The molecule has 0 unspecified atom stereocenters. The predicted molar refractivity (Wildman–Crippen MR) is 83.9 cm³/mol. The van der Waals surface area contributed by atoms with Crippen molar-refractivity contribution in [2.75, 3.05) is 12.8 Å². The lowest BCUT2D eigenvalue weighted by Crippen LogP contribution is -2.00. The highest BCUT2D eigenvalue weighted by molar-refractivity contribution is 6.34. The van der Waals surface area contributed by atoms with Crippen molar-refractivity contribution in [3.63, 3.8) is 0 Å². The minimum Gasteiger partial charge on any atom is -0.495 e. The van der Waals surface area contributed by atoms with E-state index in [0.29, 0.717) is 38.8 Å². The van der Waals surface area contributed by atoms with Crippen molar-refractivity contribution in [1.29, 1.82) is 0 Å². The van der Waals surface area contributed by atoms with E-state index in [-0.39, 0.29) is 5.43 Å². The van der Waals surface area contributed by atoms with Crippen LogP contribution in [0.2, 0.25) is 5.02 Å². The van der Waals surface area contributed by atoms with E-state index < -0.39 is 0 Å². The van der Waals surface area contributed by atoms with Crippen molar-refractivity contribution >= 4 is 28.3 Å². The zero-order valence-corrected chi connectivity index (χ0v) is 12.0. The maximum absolute atomic E-state index is 12.2. The first kappa shape index (κ1) is 13.5. The Morgan fingerprint density at radius 2 is 2.00 bits per heavy atom. The van der Waals surface area contributed by atoms with E-state index in [2.05, 4.69) is 0 Å². The summed E-state index contributed by atoms with van der Waals surface area (Å²) in [4.78, 5) is 12.2. The number of hydrogen-bond donors (Lipinski definition) is 1. The standard InChI is InChI=1S/C16H12ClNO3/c1-20-14-6-5-9(7-12(14)18)15-8-13(19)10-3-2-4-11(17)16(10)21-15/h2-8H,18H2,1H3. The van der Waals surface area contributed by atoms with Gasteiger partial charge in [0.25, 0.3) is 0 Å². The topological polar surface area (TPSA) is 65.5 Å². The van der Waals surface area contributed by atoms with E-state index in [9.17, 15) is 4.79 Å². The molecule has 0 aliphatic rings. The van der Waals surface area contributed by atoms with Crippen LogP contribution in [0.1, 0.15) is 0 Å². The Morgan fingerprint density at radius 3 is 2.71 bits per heavy atom. The fourth-order valence-electron chi connectivity index (χ4n) is 2.17. The van der Waals surface area contributed by atoms with Gasteiger partial charge in [0, 0.05) is 11.6 Å². The summed E-state index contributed by atoms with van der Waals surface area (Å²) >= 11 is 6.09. The summed E-state index contributed by atoms with van der Waals surface area (Å²) in [6, 6.07) is 11.7.